The van der Waals surface area contributed by atoms with Crippen molar-refractivity contribution in [3.63, 3.8) is 0 Å². The Morgan fingerprint density at radius 3 is 2.46 bits per heavy atom. The van der Waals surface area contributed by atoms with Crippen LogP contribution in [0.5, 0.6) is 0 Å². The molecule has 1 saturated carbocycles. The Balaban J connectivity index is 2.34. The van der Waals surface area contributed by atoms with Gasteiger partial charge in [0.05, 0.1) is 12.0 Å². The molecule has 0 spiro atoms. The van der Waals surface area contributed by atoms with Crippen LogP contribution in [0.1, 0.15) is 46.0 Å². The minimum Gasteiger partial charge on any atom is -0.389 e. The molecule has 0 aromatic rings. The van der Waals surface area contributed by atoms with Gasteiger partial charge in [-0.25, -0.2) is 0 Å². The van der Waals surface area contributed by atoms with Crippen LogP contribution in [0.4, 0.5) is 0 Å². The molecule has 0 aromatic carbocycles. The molecule has 0 saturated heterocycles. The van der Waals surface area contributed by atoms with Gasteiger partial charge in [0, 0.05) is 6.04 Å². The second kappa shape index (κ2) is 4.09. The summed E-state index contributed by atoms with van der Waals surface area (Å²) in [5.74, 6) is -0.0283. The van der Waals surface area contributed by atoms with Gasteiger partial charge >= 0.3 is 0 Å². The van der Waals surface area contributed by atoms with E-state index in [1.54, 1.807) is 0 Å². The van der Waals surface area contributed by atoms with Crippen LogP contribution in [-0.4, -0.2) is 22.7 Å². The molecule has 0 aliphatic heterocycles. The van der Waals surface area contributed by atoms with Crippen molar-refractivity contribution in [3.8, 4) is 0 Å². The fraction of sp³-hybridized carbons (Fsp3) is 0.900. The molecular formula is C10H19NO2. The molecular weight excluding hydrogens is 166 g/mol. The summed E-state index contributed by atoms with van der Waals surface area (Å²) < 4.78 is 0. The highest BCUT2D eigenvalue weighted by Gasteiger charge is 2.33. The van der Waals surface area contributed by atoms with Crippen molar-refractivity contribution in [1.82, 2.24) is 5.32 Å². The van der Waals surface area contributed by atoms with E-state index in [2.05, 4.69) is 5.32 Å². The predicted molar refractivity (Wildman–Crippen MR) is 51.3 cm³/mol. The Bertz CT molecular complexity index is 183. The van der Waals surface area contributed by atoms with E-state index in [0.717, 1.165) is 25.7 Å². The van der Waals surface area contributed by atoms with Crippen molar-refractivity contribution in [2.45, 2.75) is 57.6 Å². The third kappa shape index (κ3) is 3.35. The van der Waals surface area contributed by atoms with Crippen molar-refractivity contribution in [1.29, 1.82) is 0 Å². The Labute approximate surface area is 79.5 Å². The van der Waals surface area contributed by atoms with Crippen LogP contribution in [0.3, 0.4) is 0 Å². The zero-order valence-electron chi connectivity index (χ0n) is 8.47. The summed E-state index contributed by atoms with van der Waals surface area (Å²) in [5, 5.41) is 12.7. The van der Waals surface area contributed by atoms with Crippen LogP contribution in [0.25, 0.3) is 0 Å². The molecule has 0 unspecified atom stereocenters. The van der Waals surface area contributed by atoms with Crippen LogP contribution in [-0.2, 0) is 4.79 Å². The molecule has 1 rings (SSSR count). The molecule has 0 atom stereocenters. The van der Waals surface area contributed by atoms with E-state index in [-0.39, 0.29) is 18.4 Å². The van der Waals surface area contributed by atoms with E-state index in [4.69, 9.17) is 0 Å². The SMILES string of the molecule is CC(C)NC(=O)CC1(O)CCCC1. The number of amides is 1. The topological polar surface area (TPSA) is 49.3 Å². The first-order valence-corrected chi connectivity index (χ1v) is 5.04. The molecule has 2 N–H and O–H groups in total. The molecule has 1 aliphatic carbocycles. The summed E-state index contributed by atoms with van der Waals surface area (Å²) in [6.07, 6.45) is 3.92. The molecule has 0 aromatic heterocycles. The van der Waals surface area contributed by atoms with Crippen LogP contribution < -0.4 is 5.32 Å². The van der Waals surface area contributed by atoms with E-state index in [1.807, 2.05) is 13.8 Å². The maximum atomic E-state index is 11.3. The van der Waals surface area contributed by atoms with Crippen molar-refractivity contribution in [2.75, 3.05) is 0 Å². The standard InChI is InChI=1S/C10H19NO2/c1-8(2)11-9(12)7-10(13)5-3-4-6-10/h8,13H,3-7H2,1-2H3,(H,11,12). The monoisotopic (exact) mass is 185 g/mol. The number of carbonyl (C=O) groups is 1. The number of hydrogen-bond acceptors (Lipinski definition) is 2. The van der Waals surface area contributed by atoms with Crippen LogP contribution in [0.2, 0.25) is 0 Å². The molecule has 0 heterocycles. The third-order valence-corrected chi connectivity index (χ3v) is 2.47. The lowest BCUT2D eigenvalue weighted by Gasteiger charge is -2.21. The first-order valence-electron chi connectivity index (χ1n) is 5.04. The maximum Gasteiger partial charge on any atom is 0.223 e. The average molecular weight is 185 g/mol. The molecule has 0 bridgehead atoms. The van der Waals surface area contributed by atoms with E-state index >= 15 is 0 Å². The largest absolute Gasteiger partial charge is 0.389 e. The summed E-state index contributed by atoms with van der Waals surface area (Å²) in [4.78, 5) is 11.3. The van der Waals surface area contributed by atoms with Gasteiger partial charge < -0.3 is 10.4 Å². The van der Waals surface area contributed by atoms with Gasteiger partial charge in [-0.2, -0.15) is 0 Å². The first-order chi connectivity index (χ1) is 6.02. The van der Waals surface area contributed by atoms with Gasteiger partial charge in [0.15, 0.2) is 0 Å². The van der Waals surface area contributed by atoms with Crippen molar-refractivity contribution in [3.05, 3.63) is 0 Å². The molecule has 13 heavy (non-hydrogen) atoms. The van der Waals surface area contributed by atoms with Crippen molar-refractivity contribution < 1.29 is 9.90 Å². The van der Waals surface area contributed by atoms with Gasteiger partial charge in [-0.1, -0.05) is 12.8 Å². The minimum absolute atomic E-state index is 0.0283. The lowest BCUT2D eigenvalue weighted by molar-refractivity contribution is -0.126. The number of carbonyl (C=O) groups excluding carboxylic acids is 1. The van der Waals surface area contributed by atoms with E-state index in [0.29, 0.717) is 0 Å². The average Bonchev–Trinajstić information content (AvgIpc) is 2.33. The van der Waals surface area contributed by atoms with Crippen molar-refractivity contribution in [2.24, 2.45) is 0 Å². The number of nitrogens with one attached hydrogen (secondary N) is 1. The molecule has 1 fully saturated rings. The molecule has 76 valence electrons. The minimum atomic E-state index is -0.709. The highest BCUT2D eigenvalue weighted by atomic mass is 16.3. The lowest BCUT2D eigenvalue weighted by atomic mass is 9.97. The molecule has 1 amide bonds. The number of aliphatic hydroxyl groups is 1. The zero-order valence-corrected chi connectivity index (χ0v) is 8.47. The second-order valence-corrected chi connectivity index (χ2v) is 4.33. The van der Waals surface area contributed by atoms with Crippen molar-refractivity contribution >= 4 is 5.91 Å². The van der Waals surface area contributed by atoms with E-state index in [9.17, 15) is 9.90 Å². The normalized spacial score (nSPS) is 20.6. The number of hydrogen-bond donors (Lipinski definition) is 2. The Hall–Kier alpha value is -0.570. The first kappa shape index (κ1) is 10.5. The summed E-state index contributed by atoms with van der Waals surface area (Å²) in [6.45, 7) is 3.85. The van der Waals surface area contributed by atoms with E-state index < -0.39 is 5.60 Å². The second-order valence-electron chi connectivity index (χ2n) is 4.33. The molecule has 0 radical (unpaired) electrons. The van der Waals surface area contributed by atoms with Gasteiger partial charge in [0.2, 0.25) is 5.91 Å². The van der Waals surface area contributed by atoms with Crippen LogP contribution in [0.15, 0.2) is 0 Å². The van der Waals surface area contributed by atoms with Gasteiger partial charge in [-0.05, 0) is 26.7 Å². The van der Waals surface area contributed by atoms with Gasteiger partial charge in [-0.15, -0.1) is 0 Å². The van der Waals surface area contributed by atoms with Gasteiger partial charge in [0.25, 0.3) is 0 Å². The van der Waals surface area contributed by atoms with E-state index in [1.165, 1.54) is 0 Å². The molecule has 3 nitrogen and oxygen atoms in total. The lowest BCUT2D eigenvalue weighted by Crippen LogP contribution is -2.37. The third-order valence-electron chi connectivity index (χ3n) is 2.47. The van der Waals surface area contributed by atoms with Crippen LogP contribution in [0, 0.1) is 0 Å². The Morgan fingerprint density at radius 2 is 2.00 bits per heavy atom. The summed E-state index contributed by atoms with van der Waals surface area (Å²) in [5.41, 5.74) is -0.709. The van der Waals surface area contributed by atoms with Gasteiger partial charge in [-0.3, -0.25) is 4.79 Å². The fourth-order valence-corrected chi connectivity index (χ4v) is 1.88. The van der Waals surface area contributed by atoms with Crippen LogP contribution >= 0.6 is 0 Å². The fourth-order valence-electron chi connectivity index (χ4n) is 1.88. The zero-order chi connectivity index (χ0) is 9.90. The summed E-state index contributed by atoms with van der Waals surface area (Å²) in [6, 6.07) is 0.164. The predicted octanol–water partition coefficient (Wildman–Crippen LogP) is 1.21. The highest BCUT2D eigenvalue weighted by Crippen LogP contribution is 2.32. The summed E-state index contributed by atoms with van der Waals surface area (Å²) in [7, 11) is 0. The Morgan fingerprint density at radius 1 is 1.46 bits per heavy atom. The number of rotatable bonds is 3. The smallest absolute Gasteiger partial charge is 0.223 e. The molecule has 1 aliphatic rings. The summed E-state index contributed by atoms with van der Waals surface area (Å²) >= 11 is 0. The maximum absolute atomic E-state index is 11.3. The highest BCUT2D eigenvalue weighted by molar-refractivity contribution is 5.77. The Kier molecular flexibility index (Phi) is 3.31. The molecule has 3 heteroatoms. The quantitative estimate of drug-likeness (QED) is 0.694. The van der Waals surface area contributed by atoms with Gasteiger partial charge in [0.1, 0.15) is 0 Å².